The number of rotatable bonds is 5. The van der Waals surface area contributed by atoms with Crippen LogP contribution in [0.3, 0.4) is 0 Å². The molecule has 2 heterocycles. The fraction of sp³-hybridized carbons (Fsp3) is 0.364. The molecule has 30 heavy (non-hydrogen) atoms. The Balaban J connectivity index is 1.23. The van der Waals surface area contributed by atoms with E-state index in [4.69, 9.17) is 33.2 Å². The van der Waals surface area contributed by atoms with Crippen molar-refractivity contribution in [2.24, 2.45) is 15.9 Å². The molecule has 1 aliphatic heterocycles. The number of benzene rings is 1. The number of hydrazone groups is 1. The number of hydrogen-bond donors (Lipinski definition) is 0. The highest BCUT2D eigenvalue weighted by Gasteiger charge is 2.73. The van der Waals surface area contributed by atoms with Crippen LogP contribution in [0.1, 0.15) is 42.9 Å². The largest absolute Gasteiger partial charge is 0.477 e. The summed E-state index contributed by atoms with van der Waals surface area (Å²) in [6.45, 7) is 0.522. The first-order valence-corrected chi connectivity index (χ1v) is 10.5. The fourth-order valence-electron chi connectivity index (χ4n) is 5.03. The number of nitriles is 1. The van der Waals surface area contributed by atoms with E-state index < -0.39 is 0 Å². The fourth-order valence-corrected chi connectivity index (χ4v) is 5.46. The second-order valence-electron chi connectivity index (χ2n) is 8.44. The Morgan fingerprint density at radius 1 is 1.27 bits per heavy atom. The zero-order chi connectivity index (χ0) is 20.9. The number of amides is 1. The molecule has 1 unspecified atom stereocenters. The Morgan fingerprint density at radius 2 is 2.07 bits per heavy atom. The SMILES string of the molecule is N#Cc1ccc(OCC23CC(C(=O)N4N=CCC4c4cccc(Cl)c4Cl)(C2)C3)nc1. The number of carbonyl (C=O) groups is 1. The smallest absolute Gasteiger partial charge is 0.249 e. The van der Waals surface area contributed by atoms with Gasteiger partial charge in [-0.25, -0.2) is 9.99 Å². The lowest BCUT2D eigenvalue weighted by atomic mass is 9.35. The average molecular weight is 441 g/mol. The van der Waals surface area contributed by atoms with E-state index in [1.54, 1.807) is 29.4 Å². The average Bonchev–Trinajstić information content (AvgIpc) is 3.18. The van der Waals surface area contributed by atoms with E-state index in [-0.39, 0.29) is 22.8 Å². The van der Waals surface area contributed by atoms with Gasteiger partial charge in [0.25, 0.3) is 0 Å². The van der Waals surface area contributed by atoms with E-state index in [2.05, 4.69) is 10.1 Å². The lowest BCUT2D eigenvalue weighted by molar-refractivity contribution is -0.227. The van der Waals surface area contributed by atoms with Gasteiger partial charge in [0.05, 0.1) is 33.7 Å². The summed E-state index contributed by atoms with van der Waals surface area (Å²) in [6.07, 6.45) is 6.25. The molecule has 3 fully saturated rings. The molecular weight excluding hydrogens is 423 g/mol. The van der Waals surface area contributed by atoms with Gasteiger partial charge < -0.3 is 4.74 Å². The van der Waals surface area contributed by atoms with Gasteiger partial charge in [-0.2, -0.15) is 10.4 Å². The molecule has 152 valence electrons. The van der Waals surface area contributed by atoms with E-state index in [1.165, 1.54) is 6.20 Å². The van der Waals surface area contributed by atoms with Gasteiger partial charge in [-0.05, 0) is 37.0 Å². The van der Waals surface area contributed by atoms with Gasteiger partial charge >= 0.3 is 0 Å². The summed E-state index contributed by atoms with van der Waals surface area (Å²) >= 11 is 12.6. The predicted octanol–water partition coefficient (Wildman–Crippen LogP) is 4.77. The van der Waals surface area contributed by atoms with Gasteiger partial charge in [-0.1, -0.05) is 35.3 Å². The highest BCUT2D eigenvalue weighted by molar-refractivity contribution is 6.42. The van der Waals surface area contributed by atoms with Crippen LogP contribution in [0, 0.1) is 22.2 Å². The number of ether oxygens (including phenoxy) is 1. The summed E-state index contributed by atoms with van der Waals surface area (Å²) < 4.78 is 5.81. The van der Waals surface area contributed by atoms with E-state index in [0.717, 1.165) is 24.8 Å². The number of carbonyl (C=O) groups excluding carboxylic acids is 1. The van der Waals surface area contributed by atoms with Gasteiger partial charge in [0.2, 0.25) is 11.8 Å². The standard InChI is InChI=1S/C22H18Cl2N4O2/c23-16-3-1-2-15(19(16)24)17-6-7-27-28(17)20(29)22-10-21(11-22,12-22)13-30-18-5-4-14(8-25)9-26-18/h1-5,7,9,17H,6,10-13H2. The third-order valence-electron chi connectivity index (χ3n) is 6.36. The molecule has 3 aliphatic carbocycles. The molecule has 4 aliphatic rings. The third kappa shape index (κ3) is 2.96. The minimum atomic E-state index is -0.355. The van der Waals surface area contributed by atoms with E-state index in [9.17, 15) is 4.79 Å². The molecule has 1 aromatic heterocycles. The first-order valence-electron chi connectivity index (χ1n) is 9.74. The van der Waals surface area contributed by atoms with Crippen molar-refractivity contribution in [3.8, 4) is 11.9 Å². The van der Waals surface area contributed by atoms with Gasteiger partial charge in [0.1, 0.15) is 6.07 Å². The van der Waals surface area contributed by atoms with Crippen molar-refractivity contribution in [2.45, 2.75) is 31.7 Å². The maximum absolute atomic E-state index is 13.3. The van der Waals surface area contributed by atoms with Gasteiger partial charge in [0.15, 0.2) is 0 Å². The van der Waals surface area contributed by atoms with Gasteiger partial charge in [-0.3, -0.25) is 4.79 Å². The Bertz CT molecular complexity index is 1070. The number of hydrogen-bond acceptors (Lipinski definition) is 5. The first kappa shape index (κ1) is 19.3. The normalized spacial score (nSPS) is 28.4. The molecule has 0 radical (unpaired) electrons. The monoisotopic (exact) mass is 440 g/mol. The molecule has 1 aromatic carbocycles. The zero-order valence-corrected chi connectivity index (χ0v) is 17.5. The van der Waals surface area contributed by atoms with Crippen LogP contribution in [-0.4, -0.2) is 28.7 Å². The quantitative estimate of drug-likeness (QED) is 0.670. The third-order valence-corrected chi connectivity index (χ3v) is 7.20. The second kappa shape index (κ2) is 6.97. The van der Waals surface area contributed by atoms with Crippen LogP contribution in [0.5, 0.6) is 5.88 Å². The van der Waals surface area contributed by atoms with Crippen LogP contribution in [0.4, 0.5) is 0 Å². The molecule has 6 rings (SSSR count). The summed E-state index contributed by atoms with van der Waals surface area (Å²) in [7, 11) is 0. The molecule has 8 heteroatoms. The van der Waals surface area contributed by atoms with Crippen LogP contribution in [-0.2, 0) is 4.79 Å². The molecule has 0 spiro atoms. The van der Waals surface area contributed by atoms with Crippen LogP contribution in [0.15, 0.2) is 41.6 Å². The number of aromatic nitrogens is 1. The predicted molar refractivity (Wildman–Crippen MR) is 112 cm³/mol. The van der Waals surface area contributed by atoms with E-state index in [0.29, 0.717) is 34.5 Å². The Labute approximate surface area is 184 Å². The molecule has 2 bridgehead atoms. The molecule has 3 saturated carbocycles. The summed E-state index contributed by atoms with van der Waals surface area (Å²) in [5.41, 5.74) is 0.995. The first-order chi connectivity index (χ1) is 14.5. The maximum atomic E-state index is 13.3. The van der Waals surface area contributed by atoms with E-state index >= 15 is 0 Å². The van der Waals surface area contributed by atoms with Gasteiger partial charge in [-0.15, -0.1) is 0 Å². The van der Waals surface area contributed by atoms with Crippen molar-refractivity contribution in [3.05, 3.63) is 57.7 Å². The lowest BCUT2D eigenvalue weighted by Crippen LogP contribution is -2.69. The topological polar surface area (TPSA) is 78.6 Å². The minimum absolute atomic E-state index is 0.0257. The molecule has 0 saturated heterocycles. The van der Waals surface area contributed by atoms with Crippen LogP contribution in [0.2, 0.25) is 10.0 Å². The van der Waals surface area contributed by atoms with Gasteiger partial charge in [0, 0.05) is 30.3 Å². The lowest BCUT2D eigenvalue weighted by Gasteiger charge is -2.69. The summed E-state index contributed by atoms with van der Waals surface area (Å²) in [6, 6.07) is 10.7. The van der Waals surface area contributed by atoms with Crippen LogP contribution < -0.4 is 4.74 Å². The summed E-state index contributed by atoms with van der Waals surface area (Å²) in [5, 5.41) is 15.7. The van der Waals surface area contributed by atoms with Crippen molar-refractivity contribution in [2.75, 3.05) is 6.61 Å². The van der Waals surface area contributed by atoms with E-state index in [1.807, 2.05) is 18.2 Å². The molecule has 2 aromatic rings. The van der Waals surface area contributed by atoms with Crippen molar-refractivity contribution in [1.82, 2.24) is 9.99 Å². The molecular formula is C22H18Cl2N4O2. The number of halogens is 2. The second-order valence-corrected chi connectivity index (χ2v) is 9.22. The van der Waals surface area contributed by atoms with Crippen molar-refractivity contribution in [1.29, 1.82) is 5.26 Å². The maximum Gasteiger partial charge on any atom is 0.249 e. The molecule has 6 nitrogen and oxygen atoms in total. The number of nitrogens with zero attached hydrogens (tertiary/aromatic N) is 4. The Morgan fingerprint density at radius 3 is 2.77 bits per heavy atom. The molecule has 0 N–H and O–H groups in total. The van der Waals surface area contributed by atoms with Crippen molar-refractivity contribution in [3.63, 3.8) is 0 Å². The van der Waals surface area contributed by atoms with Crippen molar-refractivity contribution >= 4 is 35.3 Å². The van der Waals surface area contributed by atoms with Crippen LogP contribution in [0.25, 0.3) is 0 Å². The number of pyridine rings is 1. The zero-order valence-electron chi connectivity index (χ0n) is 16.0. The van der Waals surface area contributed by atoms with Crippen molar-refractivity contribution < 1.29 is 9.53 Å². The summed E-state index contributed by atoms with van der Waals surface area (Å²) in [4.78, 5) is 17.4. The van der Waals surface area contributed by atoms with Crippen LogP contribution >= 0.6 is 23.2 Å². The minimum Gasteiger partial charge on any atom is -0.477 e. The molecule has 1 atom stereocenters. The summed E-state index contributed by atoms with van der Waals surface area (Å²) in [5.74, 6) is 0.551. The molecule has 1 amide bonds. The Kier molecular flexibility index (Phi) is 4.49. The highest BCUT2D eigenvalue weighted by Crippen LogP contribution is 2.74. The Hall–Kier alpha value is -2.62. The highest BCUT2D eigenvalue weighted by atomic mass is 35.5.